The molecule has 0 aliphatic carbocycles. The number of rotatable bonds is 3. The lowest BCUT2D eigenvalue weighted by molar-refractivity contribution is -0.152. The first-order valence-electron chi connectivity index (χ1n) is 8.32. The van der Waals surface area contributed by atoms with Crippen molar-refractivity contribution in [1.29, 1.82) is 0 Å². The summed E-state index contributed by atoms with van der Waals surface area (Å²) in [5.41, 5.74) is -1.32. The molecule has 1 heterocycles. The summed E-state index contributed by atoms with van der Waals surface area (Å²) in [7, 11) is 1.23. The first-order chi connectivity index (χ1) is 11.3. The van der Waals surface area contributed by atoms with Gasteiger partial charge in [-0.05, 0) is 26.2 Å². The van der Waals surface area contributed by atoms with Gasteiger partial charge in [-0.3, -0.25) is 4.79 Å². The van der Waals surface area contributed by atoms with E-state index in [1.54, 1.807) is 41.5 Å². The quantitative estimate of drug-likeness (QED) is 0.731. The minimum atomic E-state index is -0.917. The predicted octanol–water partition coefficient (Wildman–Crippen LogP) is 1.06. The zero-order chi connectivity index (χ0) is 19.6. The van der Waals surface area contributed by atoms with E-state index in [4.69, 9.17) is 9.47 Å². The SMILES string of the molecule is COC(=O)[C@@H]1C[C@H](O)CN1C(=O)[C@H](NC(=O)OC(C)(C)C)C(C)(C)C. The molecule has 1 saturated heterocycles. The Hall–Kier alpha value is -1.83. The summed E-state index contributed by atoms with van der Waals surface area (Å²) in [6.45, 7) is 10.6. The van der Waals surface area contributed by atoms with Crippen molar-refractivity contribution in [1.82, 2.24) is 10.2 Å². The lowest BCUT2D eigenvalue weighted by Crippen LogP contribution is -2.57. The molecule has 8 heteroatoms. The Morgan fingerprint density at radius 1 is 1.16 bits per heavy atom. The molecule has 0 radical (unpaired) electrons. The maximum atomic E-state index is 13.0. The highest BCUT2D eigenvalue weighted by Crippen LogP contribution is 2.26. The van der Waals surface area contributed by atoms with Crippen molar-refractivity contribution in [2.45, 2.75) is 71.8 Å². The minimum Gasteiger partial charge on any atom is -0.467 e. The average Bonchev–Trinajstić information content (AvgIpc) is 2.82. The molecule has 2 amide bonds. The molecule has 2 N–H and O–H groups in total. The number of aliphatic hydroxyl groups is 1. The number of amides is 2. The van der Waals surface area contributed by atoms with E-state index in [1.807, 2.05) is 0 Å². The van der Waals surface area contributed by atoms with Crippen LogP contribution in [-0.2, 0) is 19.1 Å². The standard InChI is InChI=1S/C17H30N2O6/c1-16(2,3)12(18-15(23)25-17(4,5)6)13(21)19-9-10(20)8-11(19)14(22)24-7/h10-12,20H,8-9H2,1-7H3,(H,18,23)/t10-,11-,12-/m0/s1. The molecule has 144 valence electrons. The fourth-order valence-corrected chi connectivity index (χ4v) is 2.66. The second-order valence-electron chi connectivity index (χ2n) is 8.36. The van der Waals surface area contributed by atoms with Gasteiger partial charge in [-0.2, -0.15) is 0 Å². The van der Waals surface area contributed by atoms with Crippen LogP contribution in [0.2, 0.25) is 0 Å². The molecule has 0 aromatic carbocycles. The first kappa shape index (κ1) is 21.2. The van der Waals surface area contributed by atoms with E-state index in [-0.39, 0.29) is 13.0 Å². The van der Waals surface area contributed by atoms with Crippen LogP contribution in [0.4, 0.5) is 4.79 Å². The van der Waals surface area contributed by atoms with E-state index in [0.717, 1.165) is 0 Å². The Kier molecular flexibility index (Phi) is 6.44. The highest BCUT2D eigenvalue weighted by Gasteiger charge is 2.45. The topological polar surface area (TPSA) is 105 Å². The van der Waals surface area contributed by atoms with Gasteiger partial charge < -0.3 is 24.8 Å². The Balaban J connectivity index is 3.01. The van der Waals surface area contributed by atoms with Crippen LogP contribution < -0.4 is 5.32 Å². The molecule has 0 unspecified atom stereocenters. The molecule has 1 fully saturated rings. The van der Waals surface area contributed by atoms with E-state index in [1.165, 1.54) is 12.0 Å². The van der Waals surface area contributed by atoms with Gasteiger partial charge in [0.1, 0.15) is 17.7 Å². The number of nitrogens with zero attached hydrogens (tertiary/aromatic N) is 1. The number of carbonyl (C=O) groups is 3. The van der Waals surface area contributed by atoms with Gasteiger partial charge in [0.25, 0.3) is 0 Å². The Morgan fingerprint density at radius 3 is 2.16 bits per heavy atom. The number of likely N-dealkylation sites (tertiary alicyclic amines) is 1. The van der Waals surface area contributed by atoms with Crippen LogP contribution in [0.3, 0.4) is 0 Å². The number of nitrogens with one attached hydrogen (secondary N) is 1. The number of carbonyl (C=O) groups excluding carboxylic acids is 3. The van der Waals surface area contributed by atoms with Gasteiger partial charge in [0, 0.05) is 13.0 Å². The first-order valence-corrected chi connectivity index (χ1v) is 8.32. The highest BCUT2D eigenvalue weighted by atomic mass is 16.6. The van der Waals surface area contributed by atoms with Crippen molar-refractivity contribution in [3.63, 3.8) is 0 Å². The third-order valence-electron chi connectivity index (χ3n) is 3.81. The molecular weight excluding hydrogens is 328 g/mol. The number of hydrogen-bond donors (Lipinski definition) is 2. The van der Waals surface area contributed by atoms with Gasteiger partial charge in [-0.1, -0.05) is 20.8 Å². The molecule has 8 nitrogen and oxygen atoms in total. The normalized spacial score (nSPS) is 22.3. The summed E-state index contributed by atoms with van der Waals surface area (Å²) < 4.78 is 9.95. The molecule has 0 spiro atoms. The van der Waals surface area contributed by atoms with E-state index < -0.39 is 47.2 Å². The third kappa shape index (κ3) is 5.88. The fraction of sp³-hybridized carbons (Fsp3) is 0.824. The molecule has 1 aliphatic heterocycles. The molecular formula is C17H30N2O6. The minimum absolute atomic E-state index is 0.0151. The molecule has 25 heavy (non-hydrogen) atoms. The number of β-amino-alcohol motifs (C(OH)–C–C–N with tert-alkyl or cyclic N) is 1. The molecule has 1 aliphatic rings. The van der Waals surface area contributed by atoms with Gasteiger partial charge in [0.05, 0.1) is 13.2 Å². The van der Waals surface area contributed by atoms with Crippen molar-refractivity contribution < 1.29 is 29.0 Å². The Labute approximate surface area is 148 Å². The fourth-order valence-electron chi connectivity index (χ4n) is 2.66. The number of aliphatic hydroxyl groups excluding tert-OH is 1. The molecule has 0 bridgehead atoms. The maximum absolute atomic E-state index is 13.0. The number of hydrogen-bond acceptors (Lipinski definition) is 6. The van der Waals surface area contributed by atoms with Gasteiger partial charge in [0.2, 0.25) is 5.91 Å². The van der Waals surface area contributed by atoms with Crippen LogP contribution in [0, 0.1) is 5.41 Å². The van der Waals surface area contributed by atoms with Crippen molar-refractivity contribution in [2.24, 2.45) is 5.41 Å². The largest absolute Gasteiger partial charge is 0.467 e. The lowest BCUT2D eigenvalue weighted by Gasteiger charge is -2.35. The second-order valence-corrected chi connectivity index (χ2v) is 8.36. The van der Waals surface area contributed by atoms with Crippen LogP contribution in [0.15, 0.2) is 0 Å². The van der Waals surface area contributed by atoms with Gasteiger partial charge in [-0.15, -0.1) is 0 Å². The van der Waals surface area contributed by atoms with Crippen LogP contribution in [0.25, 0.3) is 0 Å². The Morgan fingerprint density at radius 2 is 1.72 bits per heavy atom. The highest BCUT2D eigenvalue weighted by molar-refractivity contribution is 5.91. The zero-order valence-corrected chi connectivity index (χ0v) is 16.1. The molecule has 0 saturated carbocycles. The molecule has 3 atom stereocenters. The smallest absolute Gasteiger partial charge is 0.408 e. The van der Waals surface area contributed by atoms with Gasteiger partial charge in [0.15, 0.2) is 0 Å². The second kappa shape index (κ2) is 7.59. The summed E-state index contributed by atoms with van der Waals surface area (Å²) >= 11 is 0. The maximum Gasteiger partial charge on any atom is 0.408 e. The van der Waals surface area contributed by atoms with E-state index >= 15 is 0 Å². The van der Waals surface area contributed by atoms with E-state index in [2.05, 4.69) is 5.32 Å². The number of ether oxygens (including phenoxy) is 2. The summed E-state index contributed by atoms with van der Waals surface area (Å²) in [5.74, 6) is -1.04. The average molecular weight is 358 g/mol. The third-order valence-corrected chi connectivity index (χ3v) is 3.81. The summed E-state index contributed by atoms with van der Waals surface area (Å²) in [5, 5.41) is 12.5. The number of esters is 1. The summed E-state index contributed by atoms with van der Waals surface area (Å²) in [6.07, 6.45) is -1.41. The van der Waals surface area contributed by atoms with Crippen LogP contribution >= 0.6 is 0 Å². The van der Waals surface area contributed by atoms with Crippen LogP contribution in [-0.4, -0.2) is 65.4 Å². The van der Waals surface area contributed by atoms with Crippen molar-refractivity contribution >= 4 is 18.0 Å². The van der Waals surface area contributed by atoms with Gasteiger partial charge in [-0.25, -0.2) is 9.59 Å². The molecule has 0 aromatic rings. The van der Waals surface area contributed by atoms with Crippen molar-refractivity contribution in [3.8, 4) is 0 Å². The number of methoxy groups -OCH3 is 1. The van der Waals surface area contributed by atoms with E-state index in [0.29, 0.717) is 0 Å². The zero-order valence-electron chi connectivity index (χ0n) is 16.1. The van der Waals surface area contributed by atoms with E-state index in [9.17, 15) is 19.5 Å². The van der Waals surface area contributed by atoms with Crippen molar-refractivity contribution in [2.75, 3.05) is 13.7 Å². The summed E-state index contributed by atoms with van der Waals surface area (Å²) in [4.78, 5) is 38.3. The lowest BCUT2D eigenvalue weighted by atomic mass is 9.85. The van der Waals surface area contributed by atoms with Gasteiger partial charge >= 0.3 is 12.1 Å². The summed E-state index contributed by atoms with van der Waals surface area (Å²) in [6, 6.07) is -1.78. The Bertz CT molecular complexity index is 520. The number of alkyl carbamates (subject to hydrolysis) is 1. The van der Waals surface area contributed by atoms with Crippen LogP contribution in [0.1, 0.15) is 48.0 Å². The molecule has 1 rings (SSSR count). The molecule has 0 aromatic heterocycles. The van der Waals surface area contributed by atoms with Crippen molar-refractivity contribution in [3.05, 3.63) is 0 Å². The monoisotopic (exact) mass is 358 g/mol. The predicted molar refractivity (Wildman–Crippen MR) is 90.8 cm³/mol. The van der Waals surface area contributed by atoms with Crippen LogP contribution in [0.5, 0.6) is 0 Å².